The topological polar surface area (TPSA) is 58.6 Å². The first kappa shape index (κ1) is 18.0. The molecule has 1 aliphatic rings. The molecule has 2 aromatic carbocycles. The fourth-order valence-electron chi connectivity index (χ4n) is 3.05. The Hall–Kier alpha value is -2.82. The summed E-state index contributed by atoms with van der Waals surface area (Å²) < 4.78 is 5.80. The lowest BCUT2D eigenvalue weighted by Gasteiger charge is -2.38. The summed E-state index contributed by atoms with van der Waals surface area (Å²) in [6, 6.07) is 13.2. The SMILES string of the molecule is Cc1cccc(NC(=O)CCN2C(=O)C(C)(C)Oc3ccccc32)c1C. The van der Waals surface area contributed by atoms with Crippen molar-refractivity contribution in [3.63, 3.8) is 0 Å². The van der Waals surface area contributed by atoms with Crippen molar-refractivity contribution in [2.75, 3.05) is 16.8 Å². The van der Waals surface area contributed by atoms with Gasteiger partial charge in [0.2, 0.25) is 5.91 Å². The first-order chi connectivity index (χ1) is 12.3. The molecule has 1 N–H and O–H groups in total. The number of hydrogen-bond donors (Lipinski definition) is 1. The normalized spacial score (nSPS) is 15.2. The minimum atomic E-state index is -0.946. The molecule has 5 nitrogen and oxygen atoms in total. The summed E-state index contributed by atoms with van der Waals surface area (Å²) in [5, 5.41) is 2.94. The van der Waals surface area contributed by atoms with Crippen molar-refractivity contribution in [2.45, 2.75) is 39.7 Å². The standard InChI is InChI=1S/C21H24N2O3/c1-14-8-7-9-16(15(14)2)22-19(24)12-13-23-17-10-5-6-11-18(17)26-21(3,4)20(23)25/h5-11H,12-13H2,1-4H3,(H,22,24). The molecule has 1 heterocycles. The first-order valence-electron chi connectivity index (χ1n) is 8.75. The number of anilines is 2. The number of carbonyl (C=O) groups excluding carboxylic acids is 2. The molecule has 0 atom stereocenters. The number of aryl methyl sites for hydroxylation is 1. The van der Waals surface area contributed by atoms with E-state index >= 15 is 0 Å². The van der Waals surface area contributed by atoms with E-state index < -0.39 is 5.60 Å². The number of fused-ring (bicyclic) bond motifs is 1. The van der Waals surface area contributed by atoms with Crippen LogP contribution in [-0.2, 0) is 9.59 Å². The fourth-order valence-corrected chi connectivity index (χ4v) is 3.05. The van der Waals surface area contributed by atoms with Crippen molar-refractivity contribution in [3.05, 3.63) is 53.6 Å². The Morgan fingerprint density at radius 3 is 2.62 bits per heavy atom. The van der Waals surface area contributed by atoms with Crippen LogP contribution in [0, 0.1) is 13.8 Å². The smallest absolute Gasteiger partial charge is 0.270 e. The zero-order valence-electron chi connectivity index (χ0n) is 15.6. The zero-order valence-corrected chi connectivity index (χ0v) is 15.6. The molecule has 0 aliphatic carbocycles. The number of benzene rings is 2. The Balaban J connectivity index is 1.73. The van der Waals surface area contributed by atoms with Gasteiger partial charge in [-0.05, 0) is 57.0 Å². The monoisotopic (exact) mass is 352 g/mol. The highest BCUT2D eigenvalue weighted by atomic mass is 16.5. The minimum absolute atomic E-state index is 0.117. The summed E-state index contributed by atoms with van der Waals surface area (Å²) in [5.41, 5.74) is 2.75. The lowest BCUT2D eigenvalue weighted by Crippen LogP contribution is -2.53. The molecule has 3 rings (SSSR count). The number of rotatable bonds is 4. The molecule has 0 fully saturated rings. The second-order valence-electron chi connectivity index (χ2n) is 7.08. The van der Waals surface area contributed by atoms with Crippen molar-refractivity contribution in [1.82, 2.24) is 0 Å². The van der Waals surface area contributed by atoms with Gasteiger partial charge in [-0.2, -0.15) is 0 Å². The highest BCUT2D eigenvalue weighted by molar-refractivity contribution is 6.03. The summed E-state index contributed by atoms with van der Waals surface area (Å²) in [6.45, 7) is 7.79. The van der Waals surface area contributed by atoms with E-state index in [-0.39, 0.29) is 18.2 Å². The molecule has 0 radical (unpaired) electrons. The summed E-state index contributed by atoms with van der Waals surface area (Å²) in [6.07, 6.45) is 0.212. The molecular weight excluding hydrogens is 328 g/mol. The van der Waals surface area contributed by atoms with Crippen molar-refractivity contribution in [3.8, 4) is 5.75 Å². The summed E-state index contributed by atoms with van der Waals surface area (Å²) >= 11 is 0. The summed E-state index contributed by atoms with van der Waals surface area (Å²) in [5.74, 6) is 0.399. The molecule has 0 saturated heterocycles. The number of nitrogens with zero attached hydrogens (tertiary/aromatic N) is 1. The van der Waals surface area contributed by atoms with Gasteiger partial charge in [-0.3, -0.25) is 9.59 Å². The highest BCUT2D eigenvalue weighted by Gasteiger charge is 2.40. The number of nitrogens with one attached hydrogen (secondary N) is 1. The summed E-state index contributed by atoms with van der Waals surface area (Å²) in [7, 11) is 0. The van der Waals surface area contributed by atoms with Gasteiger partial charge >= 0.3 is 0 Å². The number of para-hydroxylation sites is 2. The van der Waals surface area contributed by atoms with Gasteiger partial charge in [0, 0.05) is 18.7 Å². The van der Waals surface area contributed by atoms with Crippen LogP contribution in [0.1, 0.15) is 31.4 Å². The maximum absolute atomic E-state index is 12.7. The molecule has 136 valence electrons. The van der Waals surface area contributed by atoms with Gasteiger partial charge in [0.25, 0.3) is 5.91 Å². The van der Waals surface area contributed by atoms with Crippen LogP contribution in [0.15, 0.2) is 42.5 Å². The largest absolute Gasteiger partial charge is 0.476 e. The van der Waals surface area contributed by atoms with E-state index in [0.717, 1.165) is 16.8 Å². The van der Waals surface area contributed by atoms with E-state index in [9.17, 15) is 9.59 Å². The van der Waals surface area contributed by atoms with Gasteiger partial charge in [-0.25, -0.2) is 0 Å². The molecule has 0 spiro atoms. The second kappa shape index (κ2) is 6.83. The minimum Gasteiger partial charge on any atom is -0.476 e. The maximum atomic E-state index is 12.7. The Labute approximate surface area is 154 Å². The average Bonchev–Trinajstić information content (AvgIpc) is 2.59. The van der Waals surface area contributed by atoms with E-state index in [2.05, 4.69) is 5.32 Å². The highest BCUT2D eigenvalue weighted by Crippen LogP contribution is 2.37. The Morgan fingerprint density at radius 2 is 1.85 bits per heavy atom. The molecule has 2 aromatic rings. The maximum Gasteiger partial charge on any atom is 0.270 e. The van der Waals surface area contributed by atoms with Gasteiger partial charge in [0.15, 0.2) is 5.60 Å². The van der Waals surface area contributed by atoms with Crippen LogP contribution in [0.25, 0.3) is 0 Å². The van der Waals surface area contributed by atoms with Crippen LogP contribution in [0.4, 0.5) is 11.4 Å². The Morgan fingerprint density at radius 1 is 1.12 bits per heavy atom. The lowest BCUT2D eigenvalue weighted by atomic mass is 10.0. The molecule has 26 heavy (non-hydrogen) atoms. The molecule has 0 bridgehead atoms. The van der Waals surface area contributed by atoms with Crippen molar-refractivity contribution in [2.24, 2.45) is 0 Å². The molecule has 2 amide bonds. The van der Waals surface area contributed by atoms with Crippen LogP contribution in [0.5, 0.6) is 5.75 Å². The van der Waals surface area contributed by atoms with Crippen LogP contribution >= 0.6 is 0 Å². The van der Waals surface area contributed by atoms with E-state index in [4.69, 9.17) is 4.74 Å². The van der Waals surface area contributed by atoms with E-state index in [0.29, 0.717) is 18.0 Å². The molecular formula is C21H24N2O3. The quantitative estimate of drug-likeness (QED) is 0.910. The fraction of sp³-hybridized carbons (Fsp3) is 0.333. The first-order valence-corrected chi connectivity index (χ1v) is 8.75. The Bertz CT molecular complexity index is 858. The third-order valence-corrected chi connectivity index (χ3v) is 4.72. The van der Waals surface area contributed by atoms with Crippen molar-refractivity contribution < 1.29 is 14.3 Å². The number of ether oxygens (including phenoxy) is 1. The van der Waals surface area contributed by atoms with Crippen molar-refractivity contribution >= 4 is 23.2 Å². The number of carbonyl (C=O) groups is 2. The predicted octanol–water partition coefficient (Wildman–Crippen LogP) is 3.84. The second-order valence-corrected chi connectivity index (χ2v) is 7.08. The number of amides is 2. The zero-order chi connectivity index (χ0) is 18.9. The van der Waals surface area contributed by atoms with Crippen molar-refractivity contribution in [1.29, 1.82) is 0 Å². The van der Waals surface area contributed by atoms with Crippen LogP contribution in [0.2, 0.25) is 0 Å². The number of hydrogen-bond acceptors (Lipinski definition) is 3. The lowest BCUT2D eigenvalue weighted by molar-refractivity contribution is -0.132. The van der Waals surface area contributed by atoms with E-state index in [1.54, 1.807) is 18.7 Å². The third-order valence-electron chi connectivity index (χ3n) is 4.72. The van der Waals surface area contributed by atoms with Gasteiger partial charge in [0.05, 0.1) is 5.69 Å². The Kier molecular flexibility index (Phi) is 4.72. The van der Waals surface area contributed by atoms with Gasteiger partial charge < -0.3 is 15.0 Å². The molecule has 1 aliphatic heterocycles. The molecule has 0 aromatic heterocycles. The molecule has 0 saturated carbocycles. The van der Waals surface area contributed by atoms with Gasteiger partial charge in [-0.15, -0.1) is 0 Å². The average molecular weight is 352 g/mol. The molecule has 5 heteroatoms. The summed E-state index contributed by atoms with van der Waals surface area (Å²) in [4.78, 5) is 26.8. The predicted molar refractivity (Wildman–Crippen MR) is 103 cm³/mol. The van der Waals surface area contributed by atoms with Crippen LogP contribution in [0.3, 0.4) is 0 Å². The van der Waals surface area contributed by atoms with Gasteiger partial charge in [0.1, 0.15) is 5.75 Å². The van der Waals surface area contributed by atoms with Crippen LogP contribution < -0.4 is 15.0 Å². The van der Waals surface area contributed by atoms with Gasteiger partial charge in [-0.1, -0.05) is 24.3 Å². The van der Waals surface area contributed by atoms with E-state index in [1.165, 1.54) is 0 Å². The molecule has 0 unspecified atom stereocenters. The van der Waals surface area contributed by atoms with E-state index in [1.807, 2.05) is 56.3 Å². The van der Waals surface area contributed by atoms with Crippen LogP contribution in [-0.4, -0.2) is 24.0 Å². The third kappa shape index (κ3) is 3.43.